The molecule has 6 unspecified atom stereocenters. The predicted molar refractivity (Wildman–Crippen MR) is 276 cm³/mol. The maximum absolute atomic E-state index is 12.9. The van der Waals surface area contributed by atoms with Crippen molar-refractivity contribution in [1.29, 1.82) is 0 Å². The van der Waals surface area contributed by atoms with Crippen LogP contribution >= 0.6 is 0 Å². The van der Waals surface area contributed by atoms with Crippen molar-refractivity contribution in [2.24, 2.45) is 0 Å². The number of carbonyl (C=O) groups is 1. The summed E-state index contributed by atoms with van der Waals surface area (Å²) in [6.07, 6.45) is 48.7. The van der Waals surface area contributed by atoms with Gasteiger partial charge < -0.3 is 34.3 Å². The molecular weight excluding hydrogens is 885 g/mol. The van der Waals surface area contributed by atoms with E-state index in [-0.39, 0.29) is 19.6 Å². The first kappa shape index (κ1) is 64.1. The molecule has 68 heavy (non-hydrogen) atoms. The van der Waals surface area contributed by atoms with E-state index in [2.05, 4.69) is 66.6 Å². The number of carbonyl (C=O) groups excluding carboxylic acids is 1. The van der Waals surface area contributed by atoms with Gasteiger partial charge in [0.25, 0.3) is 0 Å². The van der Waals surface area contributed by atoms with Gasteiger partial charge in [-0.2, -0.15) is 8.42 Å². The third-order valence-electron chi connectivity index (χ3n) is 12.5. The number of unbranched alkanes of at least 4 members (excludes halogenated alkanes) is 27. The smallest absolute Gasteiger partial charge is 0.397 e. The molecule has 0 spiro atoms. The van der Waals surface area contributed by atoms with Gasteiger partial charge in [0.2, 0.25) is 0 Å². The summed E-state index contributed by atoms with van der Waals surface area (Å²) in [6.45, 7) is 3.88. The van der Waals surface area contributed by atoms with Crippen LogP contribution in [0.25, 0.3) is 0 Å². The summed E-state index contributed by atoms with van der Waals surface area (Å²) in [7, 11) is -5.07. The molecule has 1 saturated heterocycles. The molecule has 0 radical (unpaired) electrons. The fraction of sp³-hybridized carbons (Fsp3) is 0.836. The second-order valence-corrected chi connectivity index (χ2v) is 19.8. The summed E-state index contributed by atoms with van der Waals surface area (Å²) in [4.78, 5) is 12.9. The van der Waals surface area contributed by atoms with E-state index in [0.717, 1.165) is 70.6 Å². The first-order chi connectivity index (χ1) is 33.1. The van der Waals surface area contributed by atoms with Crippen molar-refractivity contribution in [2.75, 3.05) is 26.4 Å². The van der Waals surface area contributed by atoms with Crippen molar-refractivity contribution in [3.8, 4) is 0 Å². The van der Waals surface area contributed by atoms with Crippen LogP contribution in [0.15, 0.2) is 48.6 Å². The highest BCUT2D eigenvalue weighted by atomic mass is 32.3. The van der Waals surface area contributed by atoms with Gasteiger partial charge in [0.1, 0.15) is 30.5 Å². The minimum atomic E-state index is -5.07. The van der Waals surface area contributed by atoms with Crippen LogP contribution in [0.3, 0.4) is 0 Å². The Morgan fingerprint density at radius 1 is 0.574 bits per heavy atom. The number of aliphatic hydroxyl groups is 3. The molecule has 0 aromatic rings. The van der Waals surface area contributed by atoms with Crippen molar-refractivity contribution in [3.05, 3.63) is 48.6 Å². The van der Waals surface area contributed by atoms with E-state index < -0.39 is 59.8 Å². The van der Waals surface area contributed by atoms with E-state index in [4.69, 9.17) is 18.9 Å². The molecule has 12 nitrogen and oxygen atoms in total. The molecule has 1 aliphatic rings. The zero-order chi connectivity index (χ0) is 49.6. The lowest BCUT2D eigenvalue weighted by atomic mass is 9.99. The summed E-state index contributed by atoms with van der Waals surface area (Å²) in [5.74, 6) is -0.419. The van der Waals surface area contributed by atoms with Crippen molar-refractivity contribution in [2.45, 2.75) is 269 Å². The second kappa shape index (κ2) is 46.2. The Kier molecular flexibility index (Phi) is 43.5. The summed E-state index contributed by atoms with van der Waals surface area (Å²) >= 11 is 0. The molecule has 1 heterocycles. The highest BCUT2D eigenvalue weighted by Gasteiger charge is 2.48. The monoisotopic (exact) mass is 985 g/mol. The van der Waals surface area contributed by atoms with Crippen LogP contribution < -0.4 is 0 Å². The van der Waals surface area contributed by atoms with E-state index in [1.807, 2.05) is 0 Å². The van der Waals surface area contributed by atoms with Gasteiger partial charge in [0, 0.05) is 13.0 Å². The van der Waals surface area contributed by atoms with Crippen LogP contribution in [0.1, 0.15) is 232 Å². The molecule has 0 aromatic heterocycles. The zero-order valence-electron chi connectivity index (χ0n) is 42.9. The minimum absolute atomic E-state index is 0.0276. The fourth-order valence-corrected chi connectivity index (χ4v) is 8.88. The topological polar surface area (TPSA) is 178 Å². The fourth-order valence-electron chi connectivity index (χ4n) is 8.37. The Morgan fingerprint density at radius 2 is 1.01 bits per heavy atom. The zero-order valence-corrected chi connectivity index (χ0v) is 43.7. The van der Waals surface area contributed by atoms with Crippen LogP contribution in [0.2, 0.25) is 0 Å². The Morgan fingerprint density at radius 3 is 1.49 bits per heavy atom. The van der Waals surface area contributed by atoms with Crippen LogP contribution in [-0.2, 0) is 38.3 Å². The molecule has 1 aliphatic heterocycles. The van der Waals surface area contributed by atoms with E-state index in [9.17, 15) is 33.1 Å². The molecule has 0 saturated carbocycles. The number of hydrogen-bond acceptors (Lipinski definition) is 11. The van der Waals surface area contributed by atoms with Gasteiger partial charge in [-0.25, -0.2) is 4.18 Å². The lowest BCUT2D eigenvalue weighted by molar-refractivity contribution is -0.301. The lowest BCUT2D eigenvalue weighted by Crippen LogP contribution is -2.60. The van der Waals surface area contributed by atoms with Gasteiger partial charge in [-0.05, 0) is 51.4 Å². The van der Waals surface area contributed by atoms with Gasteiger partial charge >= 0.3 is 16.4 Å². The van der Waals surface area contributed by atoms with E-state index in [1.165, 1.54) is 135 Å². The summed E-state index contributed by atoms with van der Waals surface area (Å²) in [6, 6.07) is 0. The SMILES string of the molecule is CC/C=C\C/C=C\C/C=C\C/C=C\CCCCCCC(=O)OC(COCCCCCCCCCCCCCCCCCCCCCCCCCC)COC1OC(CO)C(O)C(OS(=O)(=O)O)C1O. The van der Waals surface area contributed by atoms with Crippen molar-refractivity contribution >= 4 is 16.4 Å². The normalized spacial score (nSPS) is 19.6. The molecule has 398 valence electrons. The number of esters is 1. The molecule has 0 aliphatic carbocycles. The predicted octanol–water partition coefficient (Wildman–Crippen LogP) is 13.1. The lowest BCUT2D eigenvalue weighted by Gasteiger charge is -2.41. The first-order valence-corrected chi connectivity index (χ1v) is 28.8. The Bertz CT molecular complexity index is 1370. The number of ether oxygens (including phenoxy) is 4. The van der Waals surface area contributed by atoms with Crippen LogP contribution in [0, 0.1) is 0 Å². The summed E-state index contributed by atoms with van der Waals surface area (Å²) in [5, 5.41) is 30.8. The highest BCUT2D eigenvalue weighted by Crippen LogP contribution is 2.26. The van der Waals surface area contributed by atoms with Crippen LogP contribution in [0.4, 0.5) is 0 Å². The van der Waals surface area contributed by atoms with Crippen molar-refractivity contribution in [1.82, 2.24) is 0 Å². The van der Waals surface area contributed by atoms with Crippen molar-refractivity contribution in [3.63, 3.8) is 0 Å². The third-order valence-corrected chi connectivity index (χ3v) is 12.9. The number of allylic oxidation sites excluding steroid dienone is 8. The van der Waals surface area contributed by atoms with E-state index >= 15 is 0 Å². The van der Waals surface area contributed by atoms with Gasteiger partial charge in [-0.3, -0.25) is 9.35 Å². The maximum atomic E-state index is 12.9. The third kappa shape index (κ3) is 38.8. The maximum Gasteiger partial charge on any atom is 0.397 e. The Hall–Kier alpha value is -1.94. The molecule has 6 atom stereocenters. The molecule has 0 bridgehead atoms. The average molecular weight is 985 g/mol. The molecule has 4 N–H and O–H groups in total. The molecular formula is C55H100O12S. The van der Waals surface area contributed by atoms with E-state index in [1.54, 1.807) is 0 Å². The standard InChI is InChI=1S/C55H100O12S/c1-3-5-7-9-11-13-15-17-19-21-22-23-24-25-26-27-29-31-33-35-37-39-41-43-45-63-47-49(48-64-55-53(59)54(67-68(60,61)62)52(58)50(46-56)66-55)65-51(57)44-42-40-38-36-34-32-30-28-20-18-16-14-12-10-8-6-4-2/h6,8,12,14,18,20,30,32,49-50,52-56,58-59H,3-5,7,9-11,13,15-17,19,21-29,31,33-48H2,1-2H3,(H,60,61,62)/b8-6-,14-12-,20-18-,32-30-. The number of hydrogen-bond donors (Lipinski definition) is 4. The minimum Gasteiger partial charge on any atom is -0.457 e. The van der Waals surface area contributed by atoms with Crippen LogP contribution in [-0.4, -0.2) is 97.5 Å². The van der Waals surface area contributed by atoms with Crippen LogP contribution in [0.5, 0.6) is 0 Å². The van der Waals surface area contributed by atoms with Gasteiger partial charge in [0.15, 0.2) is 6.29 Å². The number of rotatable bonds is 48. The van der Waals surface area contributed by atoms with E-state index in [0.29, 0.717) is 13.0 Å². The molecule has 0 amide bonds. The Labute approximate surface area is 415 Å². The van der Waals surface area contributed by atoms with Gasteiger partial charge in [-0.15, -0.1) is 0 Å². The highest BCUT2D eigenvalue weighted by molar-refractivity contribution is 7.80. The molecule has 1 rings (SSSR count). The van der Waals surface area contributed by atoms with Gasteiger partial charge in [-0.1, -0.05) is 223 Å². The summed E-state index contributed by atoms with van der Waals surface area (Å²) < 4.78 is 59.3. The van der Waals surface area contributed by atoms with Gasteiger partial charge in [0.05, 0.1) is 19.8 Å². The van der Waals surface area contributed by atoms with Crippen molar-refractivity contribution < 1.29 is 56.2 Å². The summed E-state index contributed by atoms with van der Waals surface area (Å²) in [5.41, 5.74) is 0. The average Bonchev–Trinajstić information content (AvgIpc) is 3.31. The Balaban J connectivity index is 2.31. The number of aliphatic hydroxyl groups excluding tert-OH is 3. The quantitative estimate of drug-likeness (QED) is 0.0197. The first-order valence-electron chi connectivity index (χ1n) is 27.4. The molecule has 13 heteroatoms. The largest absolute Gasteiger partial charge is 0.457 e. The second-order valence-electron chi connectivity index (χ2n) is 18.8. The molecule has 0 aromatic carbocycles. The molecule has 1 fully saturated rings.